The van der Waals surface area contributed by atoms with Crippen LogP contribution in [-0.4, -0.2) is 28.5 Å². The monoisotopic (exact) mass is 386 g/mol. The number of nitriles is 1. The van der Waals surface area contributed by atoms with Crippen molar-refractivity contribution in [2.75, 3.05) is 0 Å². The maximum atomic E-state index is 14.3. The Kier molecular flexibility index (Phi) is 4.48. The molecule has 2 bridgehead atoms. The van der Waals surface area contributed by atoms with E-state index in [1.54, 1.807) is 0 Å². The van der Waals surface area contributed by atoms with E-state index in [4.69, 9.17) is 4.52 Å². The number of fused-ring (bicyclic) bond motifs is 5. The normalized spacial score (nSPS) is 40.9. The second-order valence-electron chi connectivity index (χ2n) is 9.67. The molecule has 27 heavy (non-hydrogen) atoms. The van der Waals surface area contributed by atoms with Gasteiger partial charge in [-0.3, -0.25) is 0 Å². The fraction of sp³-hybridized carbons (Fsp3) is 0.682. The minimum absolute atomic E-state index is 0.0222. The summed E-state index contributed by atoms with van der Waals surface area (Å²) in [5.74, 6) is 0.474. The van der Waals surface area contributed by atoms with Gasteiger partial charge in [0.2, 0.25) is 0 Å². The molecule has 3 fully saturated rings. The summed E-state index contributed by atoms with van der Waals surface area (Å²) in [5.41, 5.74) is 0.605. The van der Waals surface area contributed by atoms with Crippen molar-refractivity contribution in [1.29, 1.82) is 5.26 Å². The van der Waals surface area contributed by atoms with E-state index >= 15 is 0 Å². The minimum atomic E-state index is -3.25. The third kappa shape index (κ3) is 2.49. The predicted octanol–water partition coefficient (Wildman–Crippen LogP) is 4.18. The van der Waals surface area contributed by atoms with E-state index in [9.17, 15) is 10.2 Å². The van der Waals surface area contributed by atoms with Gasteiger partial charge in [-0.25, -0.2) is 4.52 Å². The molecule has 0 radical (unpaired) electrons. The summed E-state index contributed by atoms with van der Waals surface area (Å²) < 4.78 is 8.63. The predicted molar refractivity (Wildman–Crippen MR) is 107 cm³/mol. The third-order valence-corrected chi connectivity index (χ3v) is 10.9. The smallest absolute Gasteiger partial charge is 0.196 e. The van der Waals surface area contributed by atoms with Gasteiger partial charge in [0.25, 0.3) is 0 Å². The molecule has 1 aliphatic heterocycles. The second kappa shape index (κ2) is 6.26. The molecule has 0 amide bonds. The molecule has 2 saturated carbocycles. The summed E-state index contributed by atoms with van der Waals surface area (Å²) in [6.45, 7) is 11.2. The van der Waals surface area contributed by atoms with Crippen molar-refractivity contribution in [3.8, 4) is 6.07 Å². The van der Waals surface area contributed by atoms with Crippen LogP contribution in [0, 0.1) is 28.1 Å². The van der Waals surface area contributed by atoms with E-state index in [0.29, 0.717) is 12.3 Å². The van der Waals surface area contributed by atoms with Crippen LogP contribution in [-0.2, 0) is 10.9 Å². The van der Waals surface area contributed by atoms with Crippen LogP contribution in [0.25, 0.3) is 0 Å². The first-order valence-corrected chi connectivity index (χ1v) is 11.8. The molecule has 0 N–H and O–H groups in total. The van der Waals surface area contributed by atoms with Gasteiger partial charge < -0.3 is 4.89 Å². The zero-order chi connectivity index (χ0) is 19.6. The summed E-state index contributed by atoms with van der Waals surface area (Å²) in [7, 11) is -3.25. The van der Waals surface area contributed by atoms with Crippen LogP contribution in [0.5, 0.6) is 0 Å². The Morgan fingerprint density at radius 3 is 2.56 bits per heavy atom. The number of hydrogen-bond acceptors (Lipinski definition) is 4. The zero-order valence-corrected chi connectivity index (χ0v) is 17.9. The molecular weight excluding hydrogens is 355 g/mol. The summed E-state index contributed by atoms with van der Waals surface area (Å²) in [6.07, 6.45) is 2.72. The number of nitrogens with zero attached hydrogens (tertiary/aromatic N) is 2. The molecule has 5 unspecified atom stereocenters. The van der Waals surface area contributed by atoms with Crippen molar-refractivity contribution < 1.29 is 9.42 Å². The van der Waals surface area contributed by atoms with Gasteiger partial charge in [0, 0.05) is 17.9 Å². The van der Waals surface area contributed by atoms with E-state index in [1.165, 1.54) is 0 Å². The zero-order valence-electron chi connectivity index (χ0n) is 17.1. The molecule has 3 aliphatic rings. The molecule has 1 aromatic rings. The van der Waals surface area contributed by atoms with Gasteiger partial charge in [0.15, 0.2) is 13.5 Å². The quantitative estimate of drug-likeness (QED) is 0.729. The lowest BCUT2D eigenvalue weighted by Gasteiger charge is -2.43. The van der Waals surface area contributed by atoms with E-state index < -0.39 is 13.5 Å². The van der Waals surface area contributed by atoms with Crippen LogP contribution in [0.1, 0.15) is 53.0 Å². The van der Waals surface area contributed by atoms with Gasteiger partial charge >= 0.3 is 0 Å². The van der Waals surface area contributed by atoms with E-state index in [-0.39, 0.29) is 29.0 Å². The molecule has 5 heteroatoms. The molecule has 0 aromatic heterocycles. The van der Waals surface area contributed by atoms with Gasteiger partial charge in [-0.1, -0.05) is 51.1 Å². The van der Waals surface area contributed by atoms with Gasteiger partial charge in [0.05, 0.1) is 6.04 Å². The average molecular weight is 386 g/mol. The Balaban J connectivity index is 1.72. The SMILES string of the molecule is CC(C)N1C2C3CCC(C)(C2O[P+]1([O-])[C@H](C#N)Cc1ccccc1)C3(C)C. The maximum absolute atomic E-state index is 14.3. The lowest BCUT2D eigenvalue weighted by Crippen LogP contribution is -2.47. The summed E-state index contributed by atoms with van der Waals surface area (Å²) in [4.78, 5) is 14.3. The fourth-order valence-electron chi connectivity index (χ4n) is 6.13. The average Bonchev–Trinajstić information content (AvgIpc) is 3.12. The largest absolute Gasteiger partial charge is 0.640 e. The van der Waals surface area contributed by atoms with Gasteiger partial charge in [-0.2, -0.15) is 5.26 Å². The first kappa shape index (κ1) is 19.3. The molecular formula is C22H31N2O2P. The van der Waals surface area contributed by atoms with E-state index in [2.05, 4.69) is 45.4 Å². The Hall–Kier alpha value is -0.980. The molecule has 1 aromatic carbocycles. The number of rotatable bonds is 4. The van der Waals surface area contributed by atoms with Gasteiger partial charge in [0.1, 0.15) is 12.2 Å². The minimum Gasteiger partial charge on any atom is -0.640 e. The first-order valence-electron chi connectivity index (χ1n) is 10.2. The van der Waals surface area contributed by atoms with Crippen molar-refractivity contribution >= 4 is 7.87 Å². The van der Waals surface area contributed by atoms with E-state index in [1.807, 2.05) is 30.3 Å². The van der Waals surface area contributed by atoms with Gasteiger partial charge in [-0.05, 0) is 43.6 Å². The standard InChI is InChI=1S/C22H31N2O2P/c1-15(2)24-19-18-11-12-22(5,21(18,3)4)20(19)26-27(24,25)17(14-23)13-16-9-7-6-8-10-16/h6-10,15,17-20H,11-13H2,1-5H3/t17-,18?,19?,20?,22?,27?/m0/s1. The Labute approximate surface area is 164 Å². The number of benzene rings is 1. The highest BCUT2D eigenvalue weighted by atomic mass is 31.2. The maximum Gasteiger partial charge on any atom is 0.196 e. The molecule has 4 nitrogen and oxygen atoms in total. The van der Waals surface area contributed by atoms with E-state index in [0.717, 1.165) is 18.4 Å². The topological polar surface area (TPSA) is 59.3 Å². The summed E-state index contributed by atoms with van der Waals surface area (Å²) >= 11 is 0. The highest BCUT2D eigenvalue weighted by molar-refractivity contribution is 7.63. The lowest BCUT2D eigenvalue weighted by molar-refractivity contribution is -0.207. The second-order valence-corrected chi connectivity index (χ2v) is 12.1. The van der Waals surface area contributed by atoms with Crippen molar-refractivity contribution in [3.63, 3.8) is 0 Å². The molecule has 2 aliphatic carbocycles. The van der Waals surface area contributed by atoms with Crippen molar-refractivity contribution in [3.05, 3.63) is 35.9 Å². The van der Waals surface area contributed by atoms with Crippen LogP contribution in [0.2, 0.25) is 0 Å². The summed E-state index contributed by atoms with van der Waals surface area (Å²) in [6, 6.07) is 12.5. The molecule has 1 saturated heterocycles. The number of hydrogen-bond donors (Lipinski definition) is 0. The lowest BCUT2D eigenvalue weighted by atomic mass is 9.70. The van der Waals surface area contributed by atoms with Crippen molar-refractivity contribution in [2.45, 2.75) is 77.7 Å². The first-order chi connectivity index (χ1) is 12.7. The summed E-state index contributed by atoms with van der Waals surface area (Å²) in [5, 5.41) is 9.96. The Morgan fingerprint density at radius 1 is 1.30 bits per heavy atom. The van der Waals surface area contributed by atoms with Crippen LogP contribution >= 0.6 is 7.87 Å². The molecule has 0 spiro atoms. The van der Waals surface area contributed by atoms with Crippen LogP contribution in [0.4, 0.5) is 0 Å². The Morgan fingerprint density at radius 2 is 1.96 bits per heavy atom. The molecule has 6 atom stereocenters. The Bertz CT molecular complexity index is 761. The molecule has 146 valence electrons. The van der Waals surface area contributed by atoms with Crippen LogP contribution in [0.3, 0.4) is 0 Å². The van der Waals surface area contributed by atoms with Crippen LogP contribution < -0.4 is 4.89 Å². The third-order valence-electron chi connectivity index (χ3n) is 7.96. The molecule has 1 heterocycles. The highest BCUT2D eigenvalue weighted by Crippen LogP contribution is 2.79. The van der Waals surface area contributed by atoms with Crippen LogP contribution in [0.15, 0.2) is 30.3 Å². The van der Waals surface area contributed by atoms with Crippen molar-refractivity contribution in [2.24, 2.45) is 16.7 Å². The van der Waals surface area contributed by atoms with Gasteiger partial charge in [-0.15, -0.1) is 4.67 Å². The molecule has 4 rings (SSSR count). The fourth-order valence-corrected chi connectivity index (χ4v) is 9.28. The van der Waals surface area contributed by atoms with Crippen molar-refractivity contribution in [1.82, 2.24) is 4.67 Å². The highest BCUT2D eigenvalue weighted by Gasteiger charge is 2.76.